The molecule has 0 saturated heterocycles. The normalized spacial score (nSPS) is 12.4. The van der Waals surface area contributed by atoms with Crippen molar-refractivity contribution in [3.63, 3.8) is 0 Å². The maximum absolute atomic E-state index is 11.7. The molecule has 0 bridgehead atoms. The highest BCUT2D eigenvalue weighted by molar-refractivity contribution is 5.78. The lowest BCUT2D eigenvalue weighted by atomic mass is 10.0. The molecule has 1 N–H and O–H groups in total. The van der Waals surface area contributed by atoms with Gasteiger partial charge < -0.3 is 10.1 Å². The van der Waals surface area contributed by atoms with E-state index in [1.807, 2.05) is 45.9 Å². The molecule has 1 rings (SSSR count). The molecule has 94 valence electrons. The molecule has 0 radical (unpaired) electrons. The van der Waals surface area contributed by atoms with E-state index in [0.717, 1.165) is 16.9 Å². The summed E-state index contributed by atoms with van der Waals surface area (Å²) in [6, 6.07) is 5.94. The van der Waals surface area contributed by atoms with Gasteiger partial charge in [0.2, 0.25) is 5.91 Å². The fourth-order valence-corrected chi connectivity index (χ4v) is 1.65. The third-order valence-corrected chi connectivity index (χ3v) is 2.73. The van der Waals surface area contributed by atoms with Gasteiger partial charge in [0.25, 0.3) is 0 Å². The minimum Gasteiger partial charge on any atom is -0.496 e. The van der Waals surface area contributed by atoms with Crippen molar-refractivity contribution in [2.75, 3.05) is 7.11 Å². The van der Waals surface area contributed by atoms with Gasteiger partial charge in [0, 0.05) is 11.5 Å². The Morgan fingerprint density at radius 1 is 1.29 bits per heavy atom. The van der Waals surface area contributed by atoms with Gasteiger partial charge in [0.15, 0.2) is 0 Å². The highest BCUT2D eigenvalue weighted by atomic mass is 16.5. The van der Waals surface area contributed by atoms with Crippen LogP contribution in [0.2, 0.25) is 0 Å². The molecule has 0 heterocycles. The number of carbonyl (C=O) groups excluding carboxylic acids is 1. The predicted molar refractivity (Wildman–Crippen MR) is 69.1 cm³/mol. The lowest BCUT2D eigenvalue weighted by Crippen LogP contribution is -2.30. The zero-order valence-electron chi connectivity index (χ0n) is 11.2. The summed E-state index contributed by atoms with van der Waals surface area (Å²) in [6.07, 6.45) is 0. The van der Waals surface area contributed by atoms with Crippen molar-refractivity contribution in [1.82, 2.24) is 5.32 Å². The average molecular weight is 235 g/mol. The van der Waals surface area contributed by atoms with Crippen molar-refractivity contribution in [2.45, 2.75) is 33.7 Å². The first-order chi connectivity index (χ1) is 7.95. The monoisotopic (exact) mass is 235 g/mol. The lowest BCUT2D eigenvalue weighted by Gasteiger charge is -2.19. The zero-order chi connectivity index (χ0) is 13.0. The summed E-state index contributed by atoms with van der Waals surface area (Å²) < 4.78 is 5.31. The summed E-state index contributed by atoms with van der Waals surface area (Å²) in [7, 11) is 1.64. The van der Waals surface area contributed by atoms with E-state index in [-0.39, 0.29) is 17.9 Å². The fraction of sp³-hybridized carbons (Fsp3) is 0.500. The Hall–Kier alpha value is -1.51. The minimum absolute atomic E-state index is 0.00625. The van der Waals surface area contributed by atoms with E-state index >= 15 is 0 Å². The number of aryl methyl sites for hydroxylation is 1. The van der Waals surface area contributed by atoms with Crippen molar-refractivity contribution in [3.8, 4) is 5.75 Å². The SMILES string of the molecule is COc1ccc(C)cc1[C@H](C)NC(=O)C(C)C. The Kier molecular flexibility index (Phi) is 4.55. The number of carbonyl (C=O) groups is 1. The predicted octanol–water partition coefficient (Wildman–Crippen LogP) is 2.84. The Bertz CT molecular complexity index is 399. The van der Waals surface area contributed by atoms with Crippen molar-refractivity contribution in [2.24, 2.45) is 5.92 Å². The first-order valence-corrected chi connectivity index (χ1v) is 5.90. The molecular weight excluding hydrogens is 214 g/mol. The van der Waals surface area contributed by atoms with Crippen molar-refractivity contribution in [3.05, 3.63) is 29.3 Å². The molecule has 17 heavy (non-hydrogen) atoms. The molecule has 3 heteroatoms. The molecule has 0 spiro atoms. The summed E-state index contributed by atoms with van der Waals surface area (Å²) in [4.78, 5) is 11.7. The summed E-state index contributed by atoms with van der Waals surface area (Å²) in [6.45, 7) is 7.77. The van der Waals surface area contributed by atoms with Gasteiger partial charge in [-0.15, -0.1) is 0 Å². The van der Waals surface area contributed by atoms with Gasteiger partial charge in [-0.3, -0.25) is 4.79 Å². The Balaban J connectivity index is 2.91. The van der Waals surface area contributed by atoms with Crippen LogP contribution in [0.5, 0.6) is 5.75 Å². The Morgan fingerprint density at radius 3 is 2.47 bits per heavy atom. The van der Waals surface area contributed by atoms with Crippen molar-refractivity contribution < 1.29 is 9.53 Å². The topological polar surface area (TPSA) is 38.3 Å². The van der Waals surface area contributed by atoms with E-state index in [9.17, 15) is 4.79 Å². The van der Waals surface area contributed by atoms with Crippen LogP contribution in [0.1, 0.15) is 37.9 Å². The highest BCUT2D eigenvalue weighted by Crippen LogP contribution is 2.26. The standard InChI is InChI=1S/C14H21NO2/c1-9(2)14(16)15-11(4)12-8-10(3)6-7-13(12)17-5/h6-9,11H,1-5H3,(H,15,16)/t11-/m0/s1. The number of ether oxygens (including phenoxy) is 1. The largest absolute Gasteiger partial charge is 0.496 e. The van der Waals surface area contributed by atoms with Crippen LogP contribution in [-0.4, -0.2) is 13.0 Å². The van der Waals surface area contributed by atoms with Gasteiger partial charge in [-0.25, -0.2) is 0 Å². The van der Waals surface area contributed by atoms with Crippen LogP contribution < -0.4 is 10.1 Å². The maximum Gasteiger partial charge on any atom is 0.223 e. The summed E-state index contributed by atoms with van der Waals surface area (Å²) >= 11 is 0. The first-order valence-electron chi connectivity index (χ1n) is 5.90. The van der Waals surface area contributed by atoms with E-state index in [4.69, 9.17) is 4.74 Å². The average Bonchev–Trinajstić information content (AvgIpc) is 2.28. The Morgan fingerprint density at radius 2 is 1.94 bits per heavy atom. The van der Waals surface area contributed by atoms with Gasteiger partial charge in [-0.2, -0.15) is 0 Å². The van der Waals surface area contributed by atoms with Crippen LogP contribution in [0.15, 0.2) is 18.2 Å². The van der Waals surface area contributed by atoms with Crippen LogP contribution in [0.3, 0.4) is 0 Å². The van der Waals surface area contributed by atoms with Crippen molar-refractivity contribution >= 4 is 5.91 Å². The van der Waals surface area contributed by atoms with E-state index in [1.54, 1.807) is 7.11 Å². The highest BCUT2D eigenvalue weighted by Gasteiger charge is 2.15. The quantitative estimate of drug-likeness (QED) is 0.871. The van der Waals surface area contributed by atoms with Crippen LogP contribution in [0.25, 0.3) is 0 Å². The summed E-state index contributed by atoms with van der Waals surface area (Å²) in [5, 5.41) is 2.98. The van der Waals surface area contributed by atoms with Gasteiger partial charge in [0.1, 0.15) is 5.75 Å². The lowest BCUT2D eigenvalue weighted by molar-refractivity contribution is -0.124. The molecule has 1 aromatic rings. The van der Waals surface area contributed by atoms with Gasteiger partial charge in [0.05, 0.1) is 13.2 Å². The smallest absolute Gasteiger partial charge is 0.223 e. The van der Waals surface area contributed by atoms with Crippen molar-refractivity contribution in [1.29, 1.82) is 0 Å². The van der Waals surface area contributed by atoms with E-state index in [1.165, 1.54) is 0 Å². The molecule has 1 aromatic carbocycles. The second-order valence-electron chi connectivity index (χ2n) is 4.63. The van der Waals surface area contributed by atoms with Gasteiger partial charge in [-0.1, -0.05) is 31.5 Å². The van der Waals surface area contributed by atoms with Gasteiger partial charge in [-0.05, 0) is 19.9 Å². The maximum atomic E-state index is 11.7. The molecule has 0 unspecified atom stereocenters. The molecule has 3 nitrogen and oxygen atoms in total. The molecule has 0 aromatic heterocycles. The Labute approximate surface area is 103 Å². The zero-order valence-corrected chi connectivity index (χ0v) is 11.2. The number of methoxy groups -OCH3 is 1. The fourth-order valence-electron chi connectivity index (χ4n) is 1.65. The molecule has 0 aliphatic heterocycles. The second-order valence-corrected chi connectivity index (χ2v) is 4.63. The number of benzene rings is 1. The third-order valence-electron chi connectivity index (χ3n) is 2.73. The minimum atomic E-state index is -0.0419. The number of hydrogen-bond acceptors (Lipinski definition) is 2. The molecular formula is C14H21NO2. The number of amides is 1. The molecule has 0 aliphatic carbocycles. The molecule has 0 fully saturated rings. The molecule has 1 amide bonds. The molecule has 0 aliphatic rings. The third kappa shape index (κ3) is 3.48. The van der Waals surface area contributed by atoms with E-state index < -0.39 is 0 Å². The summed E-state index contributed by atoms with van der Waals surface area (Å²) in [5.74, 6) is 0.862. The second kappa shape index (κ2) is 5.71. The van der Waals surface area contributed by atoms with Gasteiger partial charge >= 0.3 is 0 Å². The molecule has 1 atom stereocenters. The molecule has 0 saturated carbocycles. The number of rotatable bonds is 4. The van der Waals surface area contributed by atoms with E-state index in [2.05, 4.69) is 5.32 Å². The van der Waals surface area contributed by atoms with Crippen LogP contribution >= 0.6 is 0 Å². The summed E-state index contributed by atoms with van der Waals surface area (Å²) in [5.41, 5.74) is 2.17. The van der Waals surface area contributed by atoms with Crippen LogP contribution in [-0.2, 0) is 4.79 Å². The number of hydrogen-bond donors (Lipinski definition) is 1. The van der Waals surface area contributed by atoms with E-state index in [0.29, 0.717) is 0 Å². The van der Waals surface area contributed by atoms with Crippen LogP contribution in [0, 0.1) is 12.8 Å². The first kappa shape index (κ1) is 13.6. The van der Waals surface area contributed by atoms with Crippen LogP contribution in [0.4, 0.5) is 0 Å². The number of nitrogens with one attached hydrogen (secondary N) is 1.